The lowest BCUT2D eigenvalue weighted by atomic mass is 10.1. The van der Waals surface area contributed by atoms with Crippen LogP contribution in [0.1, 0.15) is 36.5 Å². The number of aromatic carboxylic acids is 1. The van der Waals surface area contributed by atoms with Crippen molar-refractivity contribution < 1.29 is 14.7 Å². The number of hydrogen-bond donors (Lipinski definition) is 3. The van der Waals surface area contributed by atoms with E-state index in [0.29, 0.717) is 12.1 Å². The minimum atomic E-state index is -1.09. The smallest absolute Gasteiger partial charge is 0.337 e. The molecular weight excluding hydrogens is 220 g/mol. The summed E-state index contributed by atoms with van der Waals surface area (Å²) >= 11 is 0. The van der Waals surface area contributed by atoms with Gasteiger partial charge in [-0.15, -0.1) is 0 Å². The zero-order chi connectivity index (χ0) is 12.8. The first kappa shape index (κ1) is 13.0. The number of carboxylic acid groups (broad SMARTS) is 1. The zero-order valence-electron chi connectivity index (χ0n) is 9.69. The van der Waals surface area contributed by atoms with Crippen molar-refractivity contribution in [3.63, 3.8) is 0 Å². The van der Waals surface area contributed by atoms with Gasteiger partial charge in [-0.2, -0.15) is 0 Å². The second-order valence-corrected chi connectivity index (χ2v) is 3.76. The molecule has 0 aromatic heterocycles. The average Bonchev–Trinajstić information content (AvgIpc) is 2.26. The lowest BCUT2D eigenvalue weighted by Crippen LogP contribution is -2.14. The van der Waals surface area contributed by atoms with Crippen LogP contribution in [0.15, 0.2) is 18.2 Å². The lowest BCUT2D eigenvalue weighted by Gasteiger charge is -2.09. The molecule has 0 fully saturated rings. The number of rotatable bonds is 5. The number of amides is 1. The molecule has 0 heterocycles. The summed E-state index contributed by atoms with van der Waals surface area (Å²) in [5.74, 6) is -1.28. The van der Waals surface area contributed by atoms with Crippen LogP contribution in [0, 0.1) is 0 Å². The van der Waals surface area contributed by atoms with Crippen LogP contribution in [0.5, 0.6) is 0 Å². The number of nitrogen functional groups attached to an aromatic ring is 1. The number of hydrogen-bond acceptors (Lipinski definition) is 3. The molecule has 1 aromatic carbocycles. The molecule has 1 aromatic rings. The van der Waals surface area contributed by atoms with Crippen LogP contribution in [0.4, 0.5) is 11.4 Å². The number of carbonyl (C=O) groups is 2. The van der Waals surface area contributed by atoms with Gasteiger partial charge in [0.2, 0.25) is 5.91 Å². The maximum absolute atomic E-state index is 11.5. The van der Waals surface area contributed by atoms with Gasteiger partial charge in [-0.1, -0.05) is 13.3 Å². The van der Waals surface area contributed by atoms with Gasteiger partial charge in [-0.05, 0) is 24.6 Å². The van der Waals surface area contributed by atoms with E-state index in [-0.39, 0.29) is 17.2 Å². The Labute approximate surface area is 99.6 Å². The highest BCUT2D eigenvalue weighted by Crippen LogP contribution is 2.19. The summed E-state index contributed by atoms with van der Waals surface area (Å²) in [6.45, 7) is 1.98. The molecule has 0 aliphatic heterocycles. The van der Waals surface area contributed by atoms with Crippen LogP contribution in [0.3, 0.4) is 0 Å². The SMILES string of the molecule is CCCCC(=O)Nc1cc(N)ccc1C(=O)O. The third-order valence-corrected chi connectivity index (χ3v) is 2.31. The number of nitrogens with two attached hydrogens (primary N) is 1. The molecule has 0 spiro atoms. The molecule has 0 atom stereocenters. The molecule has 17 heavy (non-hydrogen) atoms. The normalized spacial score (nSPS) is 9.94. The second kappa shape index (κ2) is 5.89. The first-order valence-corrected chi connectivity index (χ1v) is 5.47. The molecule has 5 heteroatoms. The maximum Gasteiger partial charge on any atom is 0.337 e. The van der Waals surface area contributed by atoms with Gasteiger partial charge in [-0.3, -0.25) is 4.79 Å². The quantitative estimate of drug-likeness (QED) is 0.682. The summed E-state index contributed by atoms with van der Waals surface area (Å²) in [6.07, 6.45) is 2.07. The number of anilines is 2. The monoisotopic (exact) mass is 236 g/mol. The fraction of sp³-hybridized carbons (Fsp3) is 0.333. The molecular formula is C12H16N2O3. The van der Waals surface area contributed by atoms with Crippen LogP contribution in [-0.2, 0) is 4.79 Å². The highest BCUT2D eigenvalue weighted by Gasteiger charge is 2.12. The molecule has 0 aliphatic carbocycles. The van der Waals surface area contributed by atoms with Gasteiger partial charge in [-0.25, -0.2) is 4.79 Å². The average molecular weight is 236 g/mol. The Kier molecular flexibility index (Phi) is 4.51. The molecule has 0 bridgehead atoms. The number of carbonyl (C=O) groups excluding carboxylic acids is 1. The Hall–Kier alpha value is -2.04. The van der Waals surface area contributed by atoms with Crippen molar-refractivity contribution in [2.24, 2.45) is 0 Å². The Morgan fingerprint density at radius 1 is 1.41 bits per heavy atom. The lowest BCUT2D eigenvalue weighted by molar-refractivity contribution is -0.116. The maximum atomic E-state index is 11.5. The van der Waals surface area contributed by atoms with E-state index in [0.717, 1.165) is 12.8 Å². The third kappa shape index (κ3) is 3.79. The number of nitrogens with one attached hydrogen (secondary N) is 1. The fourth-order valence-electron chi connectivity index (χ4n) is 1.40. The van der Waals surface area contributed by atoms with Crippen LogP contribution in [0.2, 0.25) is 0 Å². The molecule has 1 rings (SSSR count). The standard InChI is InChI=1S/C12H16N2O3/c1-2-3-4-11(15)14-10-7-8(13)5-6-9(10)12(16)17/h5-7H,2-4,13H2,1H3,(H,14,15)(H,16,17). The molecule has 0 saturated carbocycles. The van der Waals surface area contributed by atoms with E-state index in [9.17, 15) is 9.59 Å². The highest BCUT2D eigenvalue weighted by molar-refractivity contribution is 6.01. The number of benzene rings is 1. The second-order valence-electron chi connectivity index (χ2n) is 3.76. The van der Waals surface area contributed by atoms with E-state index in [2.05, 4.69) is 5.32 Å². The van der Waals surface area contributed by atoms with Crippen molar-refractivity contribution in [3.05, 3.63) is 23.8 Å². The molecule has 0 aliphatic rings. The molecule has 0 saturated heterocycles. The molecule has 92 valence electrons. The third-order valence-electron chi connectivity index (χ3n) is 2.31. The van der Waals surface area contributed by atoms with Gasteiger partial charge in [0, 0.05) is 12.1 Å². The van der Waals surface area contributed by atoms with Gasteiger partial charge >= 0.3 is 5.97 Å². The molecule has 0 unspecified atom stereocenters. The Morgan fingerprint density at radius 2 is 2.12 bits per heavy atom. The number of unbranched alkanes of at least 4 members (excludes halogenated alkanes) is 1. The first-order chi connectivity index (χ1) is 8.04. The Bertz CT molecular complexity index is 430. The zero-order valence-corrected chi connectivity index (χ0v) is 9.69. The predicted octanol–water partition coefficient (Wildman–Crippen LogP) is 2.10. The van der Waals surface area contributed by atoms with Crippen molar-refractivity contribution in [1.29, 1.82) is 0 Å². The van der Waals surface area contributed by atoms with Gasteiger partial charge in [0.15, 0.2) is 0 Å². The van der Waals surface area contributed by atoms with E-state index in [1.54, 1.807) is 0 Å². The van der Waals surface area contributed by atoms with Crippen molar-refractivity contribution in [1.82, 2.24) is 0 Å². The topological polar surface area (TPSA) is 92.4 Å². The van der Waals surface area contributed by atoms with Crippen LogP contribution in [-0.4, -0.2) is 17.0 Å². The van der Waals surface area contributed by atoms with Crippen molar-refractivity contribution in [2.45, 2.75) is 26.2 Å². The molecule has 1 amide bonds. The van der Waals surface area contributed by atoms with Gasteiger partial charge in [0.05, 0.1) is 11.3 Å². The fourth-order valence-corrected chi connectivity index (χ4v) is 1.40. The van der Waals surface area contributed by atoms with E-state index in [1.165, 1.54) is 18.2 Å². The van der Waals surface area contributed by atoms with E-state index in [1.807, 2.05) is 6.92 Å². The van der Waals surface area contributed by atoms with Crippen molar-refractivity contribution >= 4 is 23.3 Å². The largest absolute Gasteiger partial charge is 0.478 e. The van der Waals surface area contributed by atoms with Crippen LogP contribution in [0.25, 0.3) is 0 Å². The minimum absolute atomic E-state index is 0.0454. The van der Waals surface area contributed by atoms with Crippen molar-refractivity contribution in [3.8, 4) is 0 Å². The van der Waals surface area contributed by atoms with Gasteiger partial charge in [0.1, 0.15) is 0 Å². The van der Waals surface area contributed by atoms with Crippen LogP contribution >= 0.6 is 0 Å². The molecule has 4 N–H and O–H groups in total. The molecule has 5 nitrogen and oxygen atoms in total. The minimum Gasteiger partial charge on any atom is -0.478 e. The van der Waals surface area contributed by atoms with E-state index in [4.69, 9.17) is 10.8 Å². The summed E-state index contributed by atoms with van der Waals surface area (Å²) in [5.41, 5.74) is 6.27. The van der Waals surface area contributed by atoms with Gasteiger partial charge in [0.25, 0.3) is 0 Å². The summed E-state index contributed by atoms with van der Waals surface area (Å²) in [7, 11) is 0. The van der Waals surface area contributed by atoms with E-state index >= 15 is 0 Å². The Morgan fingerprint density at radius 3 is 2.71 bits per heavy atom. The first-order valence-electron chi connectivity index (χ1n) is 5.47. The van der Waals surface area contributed by atoms with Gasteiger partial charge < -0.3 is 16.2 Å². The van der Waals surface area contributed by atoms with Crippen LogP contribution < -0.4 is 11.1 Å². The Balaban J connectivity index is 2.85. The van der Waals surface area contributed by atoms with Crippen molar-refractivity contribution in [2.75, 3.05) is 11.1 Å². The van der Waals surface area contributed by atoms with E-state index < -0.39 is 5.97 Å². The summed E-state index contributed by atoms with van der Waals surface area (Å²) in [4.78, 5) is 22.4. The summed E-state index contributed by atoms with van der Waals surface area (Å²) < 4.78 is 0. The molecule has 0 radical (unpaired) electrons. The number of carboxylic acids is 1. The highest BCUT2D eigenvalue weighted by atomic mass is 16.4. The predicted molar refractivity (Wildman–Crippen MR) is 66.0 cm³/mol. The summed E-state index contributed by atoms with van der Waals surface area (Å²) in [5, 5.41) is 11.5. The summed E-state index contributed by atoms with van der Waals surface area (Å²) in [6, 6.07) is 4.32.